The molecular formula is C15H15IN2. The largest absolute Gasteiger partial charge is 0.354 e. The molecule has 1 aliphatic rings. The van der Waals surface area contributed by atoms with E-state index in [9.17, 15) is 0 Å². The maximum Gasteiger partial charge on any atom is 0.0498 e. The molecule has 1 aromatic heterocycles. The van der Waals surface area contributed by atoms with Crippen LogP contribution in [0.25, 0.3) is 16.5 Å². The fourth-order valence-electron chi connectivity index (χ4n) is 2.32. The van der Waals surface area contributed by atoms with E-state index in [1.807, 2.05) is 0 Å². The molecule has 2 aromatic rings. The molecule has 0 bridgehead atoms. The van der Waals surface area contributed by atoms with Gasteiger partial charge in [-0.2, -0.15) is 0 Å². The highest BCUT2D eigenvalue weighted by atomic mass is 127. The van der Waals surface area contributed by atoms with Crippen molar-refractivity contribution in [3.63, 3.8) is 0 Å². The number of hydrogen-bond donors (Lipinski definition) is 2. The van der Waals surface area contributed by atoms with Crippen molar-refractivity contribution >= 4 is 41.2 Å². The molecular weight excluding hydrogens is 335 g/mol. The Labute approximate surface area is 116 Å². The van der Waals surface area contributed by atoms with Gasteiger partial charge in [-0.15, -0.1) is 0 Å². The van der Waals surface area contributed by atoms with Gasteiger partial charge in [0.2, 0.25) is 0 Å². The zero-order chi connectivity index (χ0) is 12.4. The van der Waals surface area contributed by atoms with Gasteiger partial charge < -0.3 is 10.7 Å². The first-order valence-corrected chi connectivity index (χ1v) is 8.51. The quantitative estimate of drug-likeness (QED) is 0.819. The number of H-pyrrole nitrogens is 1. The average molecular weight is 350 g/mol. The minimum atomic E-state index is 0.133. The maximum atomic E-state index is 5.76. The van der Waals surface area contributed by atoms with Gasteiger partial charge in [0.25, 0.3) is 0 Å². The molecule has 18 heavy (non-hydrogen) atoms. The van der Waals surface area contributed by atoms with Crippen molar-refractivity contribution < 1.29 is 0 Å². The predicted molar refractivity (Wildman–Crippen MR) is 88.3 cm³/mol. The third-order valence-electron chi connectivity index (χ3n) is 3.13. The first kappa shape index (κ1) is 11.9. The number of para-hydroxylation sites is 1. The summed E-state index contributed by atoms with van der Waals surface area (Å²) in [5.41, 5.74) is 10.8. The van der Waals surface area contributed by atoms with Crippen LogP contribution in [0.4, 0.5) is 0 Å². The van der Waals surface area contributed by atoms with Crippen molar-refractivity contribution in [2.75, 3.05) is 6.54 Å². The Bertz CT molecular complexity index is 662. The molecule has 0 atom stereocenters. The predicted octanol–water partition coefficient (Wildman–Crippen LogP) is 3.35. The number of allylic oxidation sites excluding steroid dienone is 3. The van der Waals surface area contributed by atoms with Gasteiger partial charge in [-0.25, -0.2) is 0 Å². The van der Waals surface area contributed by atoms with E-state index in [1.165, 1.54) is 27.7 Å². The Morgan fingerprint density at radius 2 is 2.11 bits per heavy atom. The minimum Gasteiger partial charge on any atom is -0.354 e. The van der Waals surface area contributed by atoms with E-state index in [0.717, 1.165) is 6.42 Å². The van der Waals surface area contributed by atoms with Crippen molar-refractivity contribution in [1.82, 2.24) is 4.98 Å². The van der Waals surface area contributed by atoms with E-state index < -0.39 is 0 Å². The summed E-state index contributed by atoms with van der Waals surface area (Å²) >= 11 is 0.133. The highest BCUT2D eigenvalue weighted by Crippen LogP contribution is 2.29. The SMILES string of the molecule is NCCc1c(C2=CC=IC=C2)[nH]c2ccccc12. The van der Waals surface area contributed by atoms with Gasteiger partial charge in [-0.05, 0) is 50.4 Å². The number of aromatic amines is 1. The lowest BCUT2D eigenvalue weighted by atomic mass is 10.0. The van der Waals surface area contributed by atoms with Crippen LogP contribution in [-0.2, 0) is 6.42 Å². The van der Waals surface area contributed by atoms with Crippen LogP contribution in [0.2, 0.25) is 0 Å². The van der Waals surface area contributed by atoms with Crippen LogP contribution in [0.3, 0.4) is 0 Å². The van der Waals surface area contributed by atoms with Crippen molar-refractivity contribution in [2.24, 2.45) is 5.73 Å². The Balaban J connectivity index is 2.21. The number of nitrogens with two attached hydrogens (primary N) is 1. The lowest BCUT2D eigenvalue weighted by Crippen LogP contribution is -2.04. The summed E-state index contributed by atoms with van der Waals surface area (Å²) in [6, 6.07) is 8.45. The summed E-state index contributed by atoms with van der Waals surface area (Å²) in [5, 5.41) is 1.30. The molecule has 3 rings (SSSR count). The average Bonchev–Trinajstić information content (AvgIpc) is 2.80. The van der Waals surface area contributed by atoms with E-state index in [-0.39, 0.29) is 20.7 Å². The van der Waals surface area contributed by atoms with E-state index >= 15 is 0 Å². The molecule has 0 saturated carbocycles. The number of halogens is 1. The van der Waals surface area contributed by atoms with Gasteiger partial charge in [0.05, 0.1) is 0 Å². The number of nitrogens with one attached hydrogen (secondary N) is 1. The fraction of sp³-hybridized carbons (Fsp3) is 0.133. The number of hydrogen-bond acceptors (Lipinski definition) is 1. The monoisotopic (exact) mass is 350 g/mol. The number of rotatable bonds is 3. The van der Waals surface area contributed by atoms with Crippen LogP contribution in [0, 0.1) is 0 Å². The molecule has 2 heterocycles. The first-order chi connectivity index (χ1) is 8.90. The molecule has 0 aliphatic carbocycles. The van der Waals surface area contributed by atoms with Crippen molar-refractivity contribution in [2.45, 2.75) is 6.42 Å². The number of fused-ring (bicyclic) bond motifs is 1. The van der Waals surface area contributed by atoms with Gasteiger partial charge in [-0.1, -0.05) is 38.9 Å². The van der Waals surface area contributed by atoms with Crippen LogP contribution in [0.15, 0.2) is 40.5 Å². The van der Waals surface area contributed by atoms with Crippen LogP contribution in [0.1, 0.15) is 11.3 Å². The fourth-order valence-corrected chi connectivity index (χ4v) is 3.75. The zero-order valence-electron chi connectivity index (χ0n) is 9.99. The van der Waals surface area contributed by atoms with Crippen molar-refractivity contribution in [3.05, 3.63) is 51.8 Å². The highest BCUT2D eigenvalue weighted by Gasteiger charge is 2.12. The lowest BCUT2D eigenvalue weighted by Gasteiger charge is -2.05. The van der Waals surface area contributed by atoms with Gasteiger partial charge in [0, 0.05) is 16.6 Å². The molecule has 0 unspecified atom stereocenters. The smallest absolute Gasteiger partial charge is 0.0498 e. The molecule has 92 valence electrons. The second kappa shape index (κ2) is 5.20. The van der Waals surface area contributed by atoms with Gasteiger partial charge >= 0.3 is 0 Å². The Hall–Kier alpha value is -1.20. The van der Waals surface area contributed by atoms with Crippen LogP contribution < -0.4 is 5.73 Å². The lowest BCUT2D eigenvalue weighted by molar-refractivity contribution is 0.972. The molecule has 1 aromatic carbocycles. The molecule has 0 radical (unpaired) electrons. The van der Waals surface area contributed by atoms with Crippen LogP contribution >= 0.6 is 20.7 Å². The van der Waals surface area contributed by atoms with E-state index in [2.05, 4.69) is 49.5 Å². The minimum absolute atomic E-state index is 0.133. The normalized spacial score (nSPS) is 14.6. The molecule has 3 N–H and O–H groups in total. The van der Waals surface area contributed by atoms with Crippen LogP contribution in [-0.4, -0.2) is 15.5 Å². The molecule has 0 saturated heterocycles. The summed E-state index contributed by atoms with van der Waals surface area (Å²) in [5.74, 6) is 0. The summed E-state index contributed by atoms with van der Waals surface area (Å²) in [7, 11) is 0. The summed E-state index contributed by atoms with van der Waals surface area (Å²) in [4.78, 5) is 3.54. The maximum absolute atomic E-state index is 5.76. The molecule has 0 amide bonds. The van der Waals surface area contributed by atoms with Gasteiger partial charge in [0.15, 0.2) is 0 Å². The summed E-state index contributed by atoms with van der Waals surface area (Å²) in [6.45, 7) is 0.683. The second-order valence-electron chi connectivity index (χ2n) is 4.23. The molecule has 1 aliphatic heterocycles. The van der Waals surface area contributed by atoms with Crippen LogP contribution in [0.5, 0.6) is 0 Å². The summed E-state index contributed by atoms with van der Waals surface area (Å²) in [6.07, 6.45) is 5.38. The van der Waals surface area contributed by atoms with E-state index in [4.69, 9.17) is 5.73 Å². The number of aromatic nitrogens is 1. The topological polar surface area (TPSA) is 41.8 Å². The first-order valence-electron chi connectivity index (χ1n) is 6.02. The second-order valence-corrected chi connectivity index (χ2v) is 6.39. The van der Waals surface area contributed by atoms with E-state index in [0.29, 0.717) is 6.54 Å². The molecule has 0 fully saturated rings. The third kappa shape index (κ3) is 2.08. The third-order valence-corrected chi connectivity index (χ3v) is 4.68. The molecule has 3 heteroatoms. The standard InChI is InChI=1S/C15H15IN2/c17-10-7-13-12-3-1-2-4-14(12)18-15(13)11-5-8-16-9-6-11/h1-6,8-9,18H,7,10,17H2. The highest BCUT2D eigenvalue weighted by molar-refractivity contribution is 14.2. The number of benzene rings is 1. The summed E-state index contributed by atoms with van der Waals surface area (Å²) < 4.78 is 4.60. The van der Waals surface area contributed by atoms with Crippen molar-refractivity contribution in [1.29, 1.82) is 0 Å². The Kier molecular flexibility index (Phi) is 3.43. The molecule has 2 nitrogen and oxygen atoms in total. The Morgan fingerprint density at radius 1 is 1.22 bits per heavy atom. The Morgan fingerprint density at radius 3 is 2.89 bits per heavy atom. The molecule has 0 spiro atoms. The zero-order valence-corrected chi connectivity index (χ0v) is 12.1. The van der Waals surface area contributed by atoms with Crippen molar-refractivity contribution in [3.8, 4) is 0 Å². The van der Waals surface area contributed by atoms with Gasteiger partial charge in [0.1, 0.15) is 0 Å². The van der Waals surface area contributed by atoms with Gasteiger partial charge in [-0.3, -0.25) is 0 Å². The van der Waals surface area contributed by atoms with E-state index in [1.54, 1.807) is 0 Å².